The van der Waals surface area contributed by atoms with Crippen LogP contribution in [0.25, 0.3) is 0 Å². The van der Waals surface area contributed by atoms with Crippen molar-refractivity contribution in [3.8, 4) is 0 Å². The van der Waals surface area contributed by atoms with E-state index in [0.717, 1.165) is 19.4 Å². The third kappa shape index (κ3) is 1.94. The van der Waals surface area contributed by atoms with Gasteiger partial charge in [0.2, 0.25) is 11.6 Å². The Bertz CT molecular complexity index is 475. The van der Waals surface area contributed by atoms with Crippen LogP contribution >= 0.6 is 0 Å². The number of hydrogen-bond acceptors (Lipinski definition) is 7. The normalized spacial score (nSPS) is 17.8. The predicted octanol–water partition coefficient (Wildman–Crippen LogP) is 1.05. The zero-order chi connectivity index (χ0) is 13.3. The molecule has 98 valence electrons. The van der Waals surface area contributed by atoms with Gasteiger partial charge in [-0.3, -0.25) is 10.1 Å². The van der Waals surface area contributed by atoms with Gasteiger partial charge in [0.1, 0.15) is 6.33 Å². The van der Waals surface area contributed by atoms with E-state index in [2.05, 4.69) is 15.4 Å². The molecule has 8 nitrogen and oxygen atoms in total. The van der Waals surface area contributed by atoms with Crippen molar-refractivity contribution in [2.75, 3.05) is 16.9 Å². The minimum absolute atomic E-state index is 0.0349. The van der Waals surface area contributed by atoms with Crippen molar-refractivity contribution in [2.45, 2.75) is 32.2 Å². The minimum atomic E-state index is -0.501. The highest BCUT2D eigenvalue weighted by atomic mass is 16.6. The van der Waals surface area contributed by atoms with Crippen LogP contribution in [-0.2, 0) is 0 Å². The monoisotopic (exact) mass is 252 g/mol. The molecule has 0 aliphatic carbocycles. The van der Waals surface area contributed by atoms with Crippen molar-refractivity contribution >= 4 is 17.3 Å². The number of aromatic nitrogens is 2. The zero-order valence-corrected chi connectivity index (χ0v) is 10.4. The van der Waals surface area contributed by atoms with Crippen LogP contribution in [0.4, 0.5) is 17.3 Å². The van der Waals surface area contributed by atoms with Crippen molar-refractivity contribution in [3.63, 3.8) is 0 Å². The van der Waals surface area contributed by atoms with Gasteiger partial charge in [-0.1, -0.05) is 0 Å². The minimum Gasteiger partial charge on any atom is -0.346 e. The molecule has 18 heavy (non-hydrogen) atoms. The Labute approximate surface area is 104 Å². The number of nitrogens with one attached hydrogen (secondary N) is 1. The fourth-order valence-corrected chi connectivity index (χ4v) is 2.34. The van der Waals surface area contributed by atoms with Crippen molar-refractivity contribution < 1.29 is 4.92 Å². The van der Waals surface area contributed by atoms with E-state index >= 15 is 0 Å². The number of hydrogen-bond donors (Lipinski definition) is 2. The summed E-state index contributed by atoms with van der Waals surface area (Å²) in [6, 6.07) is 0. The maximum atomic E-state index is 11.2. The Morgan fingerprint density at radius 3 is 2.78 bits per heavy atom. The van der Waals surface area contributed by atoms with Crippen LogP contribution in [-0.4, -0.2) is 27.0 Å². The summed E-state index contributed by atoms with van der Waals surface area (Å²) >= 11 is 0. The van der Waals surface area contributed by atoms with Gasteiger partial charge in [0, 0.05) is 12.1 Å². The molecule has 0 spiro atoms. The Hall–Kier alpha value is -1.96. The number of rotatable bonds is 3. The molecule has 1 aromatic rings. The summed E-state index contributed by atoms with van der Waals surface area (Å²) in [6.07, 6.45) is 3.24. The highest BCUT2D eigenvalue weighted by Gasteiger charge is 2.38. The standard InChI is InChI=1S/C10H16N6O2/c1-10(2)4-3-5-15(10)9-7(16(17)18)8(14-11)12-6-13-9/h6H,3-5,11H2,1-2H3,(H,12,13,14). The highest BCUT2D eigenvalue weighted by molar-refractivity contribution is 5.70. The fourth-order valence-electron chi connectivity index (χ4n) is 2.34. The topological polar surface area (TPSA) is 110 Å². The number of hydrazine groups is 1. The summed E-state index contributed by atoms with van der Waals surface area (Å²) in [6.45, 7) is 4.83. The first kappa shape index (κ1) is 12.5. The largest absolute Gasteiger partial charge is 0.354 e. The van der Waals surface area contributed by atoms with Crippen molar-refractivity contribution in [1.29, 1.82) is 0 Å². The molecule has 0 atom stereocenters. The Kier molecular flexibility index (Phi) is 3.04. The lowest BCUT2D eigenvalue weighted by molar-refractivity contribution is -0.383. The molecule has 2 rings (SSSR count). The maximum Gasteiger partial charge on any atom is 0.354 e. The Morgan fingerprint density at radius 2 is 2.28 bits per heavy atom. The zero-order valence-electron chi connectivity index (χ0n) is 10.4. The molecule has 0 radical (unpaired) electrons. The molecule has 1 aliphatic heterocycles. The summed E-state index contributed by atoms with van der Waals surface area (Å²) in [5.41, 5.74) is 1.93. The first-order valence-corrected chi connectivity index (χ1v) is 5.71. The Balaban J connectivity index is 2.54. The summed E-state index contributed by atoms with van der Waals surface area (Å²) < 4.78 is 0. The van der Waals surface area contributed by atoms with E-state index in [1.807, 2.05) is 18.7 Å². The van der Waals surface area contributed by atoms with E-state index in [4.69, 9.17) is 5.84 Å². The van der Waals surface area contributed by atoms with E-state index in [0.29, 0.717) is 5.82 Å². The molecule has 0 amide bonds. The predicted molar refractivity (Wildman–Crippen MR) is 67.2 cm³/mol. The summed E-state index contributed by atoms with van der Waals surface area (Å²) in [5, 5.41) is 11.2. The lowest BCUT2D eigenvalue weighted by atomic mass is 10.0. The number of nitrogens with two attached hydrogens (primary N) is 1. The molecule has 0 saturated carbocycles. The van der Waals surface area contributed by atoms with E-state index < -0.39 is 4.92 Å². The Morgan fingerprint density at radius 1 is 1.56 bits per heavy atom. The summed E-state index contributed by atoms with van der Waals surface area (Å²) in [4.78, 5) is 20.5. The van der Waals surface area contributed by atoms with Crippen molar-refractivity contribution in [3.05, 3.63) is 16.4 Å². The third-order valence-corrected chi connectivity index (χ3v) is 3.28. The fraction of sp³-hybridized carbons (Fsp3) is 0.600. The molecule has 1 saturated heterocycles. The lowest BCUT2D eigenvalue weighted by Gasteiger charge is -2.32. The van der Waals surface area contributed by atoms with Gasteiger partial charge in [0.05, 0.1) is 4.92 Å². The van der Waals surface area contributed by atoms with Crippen molar-refractivity contribution in [2.24, 2.45) is 5.84 Å². The summed E-state index contributed by atoms with van der Waals surface area (Å²) in [5.74, 6) is 5.62. The van der Waals surface area contributed by atoms with Crippen LogP contribution in [0.15, 0.2) is 6.33 Å². The smallest absolute Gasteiger partial charge is 0.346 e. The number of nitrogens with zero attached hydrogens (tertiary/aromatic N) is 4. The van der Waals surface area contributed by atoms with E-state index in [1.165, 1.54) is 6.33 Å². The van der Waals surface area contributed by atoms with Crippen LogP contribution < -0.4 is 16.2 Å². The van der Waals surface area contributed by atoms with E-state index in [-0.39, 0.29) is 17.0 Å². The number of nitrogen functional groups attached to an aromatic ring is 1. The van der Waals surface area contributed by atoms with Gasteiger partial charge in [-0.15, -0.1) is 0 Å². The van der Waals surface area contributed by atoms with Gasteiger partial charge in [-0.05, 0) is 26.7 Å². The first-order valence-electron chi connectivity index (χ1n) is 5.71. The number of nitro groups is 1. The van der Waals surface area contributed by atoms with Crippen LogP contribution in [0, 0.1) is 10.1 Å². The van der Waals surface area contributed by atoms with E-state index in [9.17, 15) is 10.1 Å². The first-order chi connectivity index (χ1) is 8.47. The average Bonchev–Trinajstić information content (AvgIpc) is 2.67. The van der Waals surface area contributed by atoms with Gasteiger partial charge in [0.25, 0.3) is 0 Å². The maximum absolute atomic E-state index is 11.2. The van der Waals surface area contributed by atoms with Crippen molar-refractivity contribution in [1.82, 2.24) is 9.97 Å². The second kappa shape index (κ2) is 4.37. The van der Waals surface area contributed by atoms with E-state index in [1.54, 1.807) is 0 Å². The van der Waals surface area contributed by atoms with Gasteiger partial charge >= 0.3 is 5.69 Å². The molecule has 3 N–H and O–H groups in total. The second-order valence-corrected chi connectivity index (χ2v) is 4.86. The molecule has 0 aromatic carbocycles. The SMILES string of the molecule is CC1(C)CCCN1c1ncnc(NN)c1[N+](=O)[O-]. The third-order valence-electron chi connectivity index (χ3n) is 3.28. The molecule has 1 aromatic heterocycles. The van der Waals surface area contributed by atoms with Crippen LogP contribution in [0.5, 0.6) is 0 Å². The molecule has 1 fully saturated rings. The molecule has 0 bridgehead atoms. The molecule has 8 heteroatoms. The van der Waals surface area contributed by atoms with Gasteiger partial charge in [0.15, 0.2) is 0 Å². The highest BCUT2D eigenvalue weighted by Crippen LogP contribution is 2.39. The molecular weight excluding hydrogens is 236 g/mol. The van der Waals surface area contributed by atoms with Crippen LogP contribution in [0.2, 0.25) is 0 Å². The van der Waals surface area contributed by atoms with Crippen LogP contribution in [0.1, 0.15) is 26.7 Å². The molecular formula is C10H16N6O2. The van der Waals surface area contributed by atoms with Gasteiger partial charge < -0.3 is 10.3 Å². The molecule has 1 aliphatic rings. The van der Waals surface area contributed by atoms with Crippen LogP contribution in [0.3, 0.4) is 0 Å². The second-order valence-electron chi connectivity index (χ2n) is 4.86. The quantitative estimate of drug-likeness (QED) is 0.470. The molecule has 2 heterocycles. The van der Waals surface area contributed by atoms with Gasteiger partial charge in [-0.2, -0.15) is 0 Å². The average molecular weight is 252 g/mol. The number of anilines is 2. The summed E-state index contributed by atoms with van der Waals surface area (Å²) in [7, 11) is 0. The molecule has 0 unspecified atom stereocenters. The lowest BCUT2D eigenvalue weighted by Crippen LogP contribution is -2.39. The van der Waals surface area contributed by atoms with Gasteiger partial charge in [-0.25, -0.2) is 15.8 Å².